The quantitative estimate of drug-likeness (QED) is 0.686. The molecule has 0 saturated heterocycles. The summed E-state index contributed by atoms with van der Waals surface area (Å²) in [5, 5.41) is 13.2. The fourth-order valence-electron chi connectivity index (χ4n) is 2.40. The van der Waals surface area contributed by atoms with Crippen LogP contribution in [0.25, 0.3) is 11.2 Å². The number of hydrogen-bond acceptors (Lipinski definition) is 6. The number of rotatable bonds is 7. The molecule has 2 heterocycles. The molecule has 0 spiro atoms. The molecule has 0 aliphatic rings. The Bertz CT molecular complexity index is 760. The average molecular weight is 313 g/mol. The molecule has 2 aromatic heterocycles. The third kappa shape index (κ3) is 3.64. The van der Waals surface area contributed by atoms with Crippen LogP contribution in [0.5, 0.6) is 0 Å². The van der Waals surface area contributed by atoms with Crippen molar-refractivity contribution >= 4 is 17.0 Å². The Morgan fingerprint density at radius 1 is 1.22 bits per heavy atom. The first-order chi connectivity index (χ1) is 11.3. The minimum absolute atomic E-state index is 0.247. The van der Waals surface area contributed by atoms with E-state index in [2.05, 4.69) is 20.3 Å². The molecule has 0 unspecified atom stereocenters. The molecule has 23 heavy (non-hydrogen) atoms. The molecular formula is C16H19N5O2. The van der Waals surface area contributed by atoms with Gasteiger partial charge in [-0.05, 0) is 5.56 Å². The minimum atomic E-state index is -0.638. The molecule has 0 aliphatic heterocycles. The lowest BCUT2D eigenvalue weighted by molar-refractivity contribution is 0.0209. The van der Waals surface area contributed by atoms with E-state index in [0.717, 1.165) is 11.1 Å². The first kappa shape index (κ1) is 15.4. The second-order valence-electron chi connectivity index (χ2n) is 5.20. The molecule has 2 N–H and O–H groups in total. The number of imidazole rings is 1. The average Bonchev–Trinajstić information content (AvgIpc) is 2.99. The second-order valence-corrected chi connectivity index (χ2v) is 5.20. The highest BCUT2D eigenvalue weighted by Crippen LogP contribution is 2.18. The number of aliphatic hydroxyl groups excluding tert-OH is 1. The van der Waals surface area contributed by atoms with E-state index in [1.54, 1.807) is 13.4 Å². The lowest BCUT2D eigenvalue weighted by Crippen LogP contribution is -2.21. The minimum Gasteiger partial charge on any atom is -0.389 e. The zero-order valence-corrected chi connectivity index (χ0v) is 12.9. The number of hydrogen-bond donors (Lipinski definition) is 2. The van der Waals surface area contributed by atoms with Gasteiger partial charge in [0.25, 0.3) is 0 Å². The standard InChI is InChI=1S/C16H19N5O2/c1-17-15-14-16(19-10-18-15)20-11-21(14)7-13(22)9-23-8-12-5-3-2-4-6-12/h2-6,10-11,13,22H,7-9H2,1H3,(H,17,18,19)/t13-/m1/s1. The molecule has 120 valence electrons. The van der Waals surface area contributed by atoms with Crippen LogP contribution in [0.2, 0.25) is 0 Å². The summed E-state index contributed by atoms with van der Waals surface area (Å²) in [6.45, 7) is 1.10. The van der Waals surface area contributed by atoms with E-state index in [1.807, 2.05) is 34.9 Å². The van der Waals surface area contributed by atoms with Crippen LogP contribution in [-0.2, 0) is 17.9 Å². The third-order valence-corrected chi connectivity index (χ3v) is 3.48. The zero-order chi connectivity index (χ0) is 16.1. The van der Waals surface area contributed by atoms with Crippen molar-refractivity contribution in [3.8, 4) is 0 Å². The maximum Gasteiger partial charge on any atom is 0.182 e. The van der Waals surface area contributed by atoms with Gasteiger partial charge >= 0.3 is 0 Å². The van der Waals surface area contributed by atoms with Crippen LogP contribution in [0.15, 0.2) is 43.0 Å². The van der Waals surface area contributed by atoms with Gasteiger partial charge in [-0.15, -0.1) is 0 Å². The Hall–Kier alpha value is -2.51. The van der Waals surface area contributed by atoms with E-state index in [1.165, 1.54) is 6.33 Å². The molecule has 0 bridgehead atoms. The molecule has 1 atom stereocenters. The summed E-state index contributed by atoms with van der Waals surface area (Å²) < 4.78 is 7.40. The summed E-state index contributed by atoms with van der Waals surface area (Å²) in [4.78, 5) is 12.5. The van der Waals surface area contributed by atoms with E-state index in [9.17, 15) is 5.11 Å². The number of ether oxygens (including phenoxy) is 1. The number of fused-ring (bicyclic) bond motifs is 1. The third-order valence-electron chi connectivity index (χ3n) is 3.48. The summed E-state index contributed by atoms with van der Waals surface area (Å²) >= 11 is 0. The zero-order valence-electron chi connectivity index (χ0n) is 12.9. The van der Waals surface area contributed by atoms with Crippen LogP contribution in [0, 0.1) is 0 Å². The van der Waals surface area contributed by atoms with Gasteiger partial charge in [-0.1, -0.05) is 30.3 Å². The fraction of sp³-hybridized carbons (Fsp3) is 0.312. The summed E-state index contributed by atoms with van der Waals surface area (Å²) in [5.41, 5.74) is 2.46. The van der Waals surface area contributed by atoms with Gasteiger partial charge in [0, 0.05) is 7.05 Å². The molecule has 7 nitrogen and oxygen atoms in total. The number of anilines is 1. The lowest BCUT2D eigenvalue weighted by atomic mass is 10.2. The Morgan fingerprint density at radius 2 is 2.04 bits per heavy atom. The predicted molar refractivity (Wildman–Crippen MR) is 87.0 cm³/mol. The van der Waals surface area contributed by atoms with Crippen LogP contribution in [0.4, 0.5) is 5.82 Å². The highest BCUT2D eigenvalue weighted by Gasteiger charge is 2.13. The highest BCUT2D eigenvalue weighted by molar-refractivity contribution is 5.82. The SMILES string of the molecule is CNc1ncnc2ncn(C[C@@H](O)COCc3ccccc3)c12. The molecular weight excluding hydrogens is 294 g/mol. The summed E-state index contributed by atoms with van der Waals surface area (Å²) in [6.07, 6.45) is 2.48. The number of benzene rings is 1. The van der Waals surface area contributed by atoms with Gasteiger partial charge in [-0.25, -0.2) is 15.0 Å². The van der Waals surface area contributed by atoms with Crippen LogP contribution >= 0.6 is 0 Å². The van der Waals surface area contributed by atoms with E-state index >= 15 is 0 Å². The molecule has 3 rings (SSSR count). The van der Waals surface area contributed by atoms with E-state index in [0.29, 0.717) is 24.6 Å². The smallest absolute Gasteiger partial charge is 0.182 e. The van der Waals surface area contributed by atoms with Crippen LogP contribution in [0.1, 0.15) is 5.56 Å². The van der Waals surface area contributed by atoms with Gasteiger partial charge in [-0.2, -0.15) is 0 Å². The molecule has 0 saturated carbocycles. The van der Waals surface area contributed by atoms with E-state index in [4.69, 9.17) is 4.74 Å². The maximum atomic E-state index is 10.2. The van der Waals surface area contributed by atoms with Gasteiger partial charge in [0.15, 0.2) is 11.5 Å². The molecule has 0 radical (unpaired) electrons. The van der Waals surface area contributed by atoms with Crippen molar-refractivity contribution in [3.63, 3.8) is 0 Å². The van der Waals surface area contributed by atoms with Gasteiger partial charge in [0.2, 0.25) is 0 Å². The van der Waals surface area contributed by atoms with Crippen LogP contribution in [0.3, 0.4) is 0 Å². The van der Waals surface area contributed by atoms with Crippen molar-refractivity contribution in [2.45, 2.75) is 19.3 Å². The largest absolute Gasteiger partial charge is 0.389 e. The second kappa shape index (κ2) is 7.17. The first-order valence-corrected chi connectivity index (χ1v) is 7.41. The predicted octanol–water partition coefficient (Wildman–Crippen LogP) is 1.45. The Kier molecular flexibility index (Phi) is 4.80. The molecule has 0 amide bonds. The van der Waals surface area contributed by atoms with E-state index < -0.39 is 6.10 Å². The van der Waals surface area contributed by atoms with Gasteiger partial charge < -0.3 is 19.7 Å². The van der Waals surface area contributed by atoms with Crippen molar-refractivity contribution in [2.24, 2.45) is 0 Å². The molecule has 7 heteroatoms. The Balaban J connectivity index is 1.61. The van der Waals surface area contributed by atoms with Crippen molar-refractivity contribution in [3.05, 3.63) is 48.5 Å². The maximum absolute atomic E-state index is 10.2. The molecule has 1 aromatic carbocycles. The number of nitrogens with one attached hydrogen (secondary N) is 1. The van der Waals surface area contributed by atoms with Crippen LogP contribution in [-0.4, -0.2) is 44.4 Å². The topological polar surface area (TPSA) is 85.1 Å². The van der Waals surface area contributed by atoms with Gasteiger partial charge in [0.05, 0.1) is 32.2 Å². The summed E-state index contributed by atoms with van der Waals surface area (Å²) in [7, 11) is 1.79. The fourth-order valence-corrected chi connectivity index (χ4v) is 2.40. The normalized spacial score (nSPS) is 12.4. The lowest BCUT2D eigenvalue weighted by Gasteiger charge is -2.13. The summed E-state index contributed by atoms with van der Waals surface area (Å²) in [5.74, 6) is 0.685. The van der Waals surface area contributed by atoms with Crippen molar-refractivity contribution < 1.29 is 9.84 Å². The molecule has 0 aliphatic carbocycles. The monoisotopic (exact) mass is 313 g/mol. The Morgan fingerprint density at radius 3 is 2.83 bits per heavy atom. The van der Waals surface area contributed by atoms with Crippen molar-refractivity contribution in [1.29, 1.82) is 0 Å². The van der Waals surface area contributed by atoms with Crippen molar-refractivity contribution in [2.75, 3.05) is 19.0 Å². The van der Waals surface area contributed by atoms with Gasteiger partial charge in [0.1, 0.15) is 11.8 Å². The van der Waals surface area contributed by atoms with Crippen molar-refractivity contribution in [1.82, 2.24) is 19.5 Å². The number of aromatic nitrogens is 4. The summed E-state index contributed by atoms with van der Waals surface area (Å²) in [6, 6.07) is 9.88. The van der Waals surface area contributed by atoms with Gasteiger partial charge in [-0.3, -0.25) is 0 Å². The van der Waals surface area contributed by atoms with Crippen LogP contribution < -0.4 is 5.32 Å². The Labute approximate surface area is 134 Å². The molecule has 3 aromatic rings. The number of aliphatic hydroxyl groups is 1. The number of nitrogens with zero attached hydrogens (tertiary/aromatic N) is 4. The molecule has 0 fully saturated rings. The first-order valence-electron chi connectivity index (χ1n) is 7.41. The highest BCUT2D eigenvalue weighted by atomic mass is 16.5. The van der Waals surface area contributed by atoms with E-state index in [-0.39, 0.29) is 6.61 Å².